The number of rotatable bonds is 4. The van der Waals surface area contributed by atoms with Gasteiger partial charge in [-0.05, 0) is 25.2 Å². The van der Waals surface area contributed by atoms with Gasteiger partial charge in [0.25, 0.3) is 0 Å². The standard InChI is InChI=1S/C20H24N6O/c1-21-19(16-13-22-24(2)14-16)20(27)26-11-9-25(10-12-26)18-8-7-15-5-3-4-6-17(15)23-18/h3-8,13-14,19,21H,9-12H2,1-2H3. The Morgan fingerprint density at radius 1 is 1.11 bits per heavy atom. The summed E-state index contributed by atoms with van der Waals surface area (Å²) in [7, 11) is 3.67. The van der Waals surface area contributed by atoms with Gasteiger partial charge in [0.15, 0.2) is 0 Å². The lowest BCUT2D eigenvalue weighted by molar-refractivity contribution is -0.133. The molecule has 1 amide bonds. The highest BCUT2D eigenvalue weighted by molar-refractivity contribution is 5.83. The summed E-state index contributed by atoms with van der Waals surface area (Å²) in [6.07, 6.45) is 3.63. The molecule has 1 unspecified atom stereocenters. The minimum absolute atomic E-state index is 0.0941. The predicted molar refractivity (Wildman–Crippen MR) is 106 cm³/mol. The van der Waals surface area contributed by atoms with Crippen LogP contribution in [0.4, 0.5) is 5.82 Å². The molecule has 1 aliphatic heterocycles. The molecule has 0 bridgehead atoms. The zero-order valence-corrected chi connectivity index (χ0v) is 15.7. The van der Waals surface area contributed by atoms with Crippen LogP contribution in [0.2, 0.25) is 0 Å². The normalized spacial score (nSPS) is 15.9. The summed E-state index contributed by atoms with van der Waals surface area (Å²) >= 11 is 0. The second-order valence-corrected chi connectivity index (χ2v) is 6.84. The van der Waals surface area contributed by atoms with Crippen LogP contribution >= 0.6 is 0 Å². The molecule has 0 aliphatic carbocycles. The number of nitrogens with zero attached hydrogens (tertiary/aromatic N) is 5. The quantitative estimate of drug-likeness (QED) is 0.761. The second-order valence-electron chi connectivity index (χ2n) is 6.84. The Labute approximate surface area is 158 Å². The van der Waals surface area contributed by atoms with Crippen molar-refractivity contribution in [3.05, 3.63) is 54.4 Å². The predicted octanol–water partition coefficient (Wildman–Crippen LogP) is 1.58. The summed E-state index contributed by atoms with van der Waals surface area (Å²) in [6.45, 7) is 2.93. The molecule has 140 valence electrons. The third-order valence-corrected chi connectivity index (χ3v) is 5.09. The molecule has 4 rings (SSSR count). The molecule has 1 aliphatic rings. The van der Waals surface area contributed by atoms with E-state index in [1.54, 1.807) is 10.9 Å². The fourth-order valence-corrected chi connectivity index (χ4v) is 3.59. The van der Waals surface area contributed by atoms with E-state index in [0.717, 1.165) is 35.4 Å². The Kier molecular flexibility index (Phi) is 4.77. The average Bonchev–Trinajstić information content (AvgIpc) is 3.14. The fraction of sp³-hybridized carbons (Fsp3) is 0.350. The highest BCUT2D eigenvalue weighted by Crippen LogP contribution is 2.21. The summed E-state index contributed by atoms with van der Waals surface area (Å²) in [5, 5.41) is 8.44. The van der Waals surface area contributed by atoms with Crippen molar-refractivity contribution < 1.29 is 4.79 Å². The minimum Gasteiger partial charge on any atom is -0.353 e. The van der Waals surface area contributed by atoms with E-state index < -0.39 is 0 Å². The summed E-state index contributed by atoms with van der Waals surface area (Å²) in [4.78, 5) is 21.9. The summed E-state index contributed by atoms with van der Waals surface area (Å²) < 4.78 is 1.72. The maximum atomic E-state index is 12.9. The van der Waals surface area contributed by atoms with Crippen molar-refractivity contribution in [2.45, 2.75) is 6.04 Å². The van der Waals surface area contributed by atoms with E-state index in [9.17, 15) is 4.79 Å². The SMILES string of the molecule is CNC(C(=O)N1CCN(c2ccc3ccccc3n2)CC1)c1cnn(C)c1. The van der Waals surface area contributed by atoms with Crippen LogP contribution in [0.1, 0.15) is 11.6 Å². The number of hydrogen-bond donors (Lipinski definition) is 1. The number of aryl methyl sites for hydroxylation is 1. The Bertz CT molecular complexity index is 944. The van der Waals surface area contributed by atoms with E-state index in [1.807, 2.05) is 43.4 Å². The molecule has 7 nitrogen and oxygen atoms in total. The van der Waals surface area contributed by atoms with Crippen molar-refractivity contribution >= 4 is 22.6 Å². The van der Waals surface area contributed by atoms with Crippen LogP contribution in [0, 0.1) is 0 Å². The molecule has 3 aromatic rings. The van der Waals surface area contributed by atoms with Gasteiger partial charge in [0, 0.05) is 50.4 Å². The largest absolute Gasteiger partial charge is 0.353 e. The summed E-state index contributed by atoms with van der Waals surface area (Å²) in [5.41, 5.74) is 1.89. The van der Waals surface area contributed by atoms with E-state index in [-0.39, 0.29) is 11.9 Å². The molecule has 3 heterocycles. The monoisotopic (exact) mass is 364 g/mol. The number of pyridine rings is 1. The number of likely N-dealkylation sites (N-methyl/N-ethyl adjacent to an activating group) is 1. The number of anilines is 1. The van der Waals surface area contributed by atoms with E-state index in [1.165, 1.54) is 0 Å². The highest BCUT2D eigenvalue weighted by atomic mass is 16.2. The maximum absolute atomic E-state index is 12.9. The van der Waals surface area contributed by atoms with Gasteiger partial charge in [0.1, 0.15) is 11.9 Å². The molecule has 7 heteroatoms. The molecule has 1 saturated heterocycles. The Morgan fingerprint density at radius 2 is 1.89 bits per heavy atom. The highest BCUT2D eigenvalue weighted by Gasteiger charge is 2.28. The minimum atomic E-state index is -0.357. The van der Waals surface area contributed by atoms with Crippen molar-refractivity contribution in [3.8, 4) is 0 Å². The van der Waals surface area contributed by atoms with Crippen LogP contribution in [0.5, 0.6) is 0 Å². The molecule has 1 atom stereocenters. The van der Waals surface area contributed by atoms with Crippen LogP contribution in [0.3, 0.4) is 0 Å². The van der Waals surface area contributed by atoms with Crippen LogP contribution in [0.15, 0.2) is 48.8 Å². The number of amides is 1. The smallest absolute Gasteiger partial charge is 0.244 e. The van der Waals surface area contributed by atoms with Gasteiger partial charge >= 0.3 is 0 Å². The molecule has 1 fully saturated rings. The van der Waals surface area contributed by atoms with Gasteiger partial charge in [-0.15, -0.1) is 0 Å². The number of fused-ring (bicyclic) bond motifs is 1. The van der Waals surface area contributed by atoms with Crippen molar-refractivity contribution in [2.75, 3.05) is 38.1 Å². The zero-order chi connectivity index (χ0) is 18.8. The molecular weight excluding hydrogens is 340 g/mol. The Hall–Kier alpha value is -2.93. The first-order chi connectivity index (χ1) is 13.2. The van der Waals surface area contributed by atoms with Gasteiger partial charge in [0.05, 0.1) is 11.7 Å². The van der Waals surface area contributed by atoms with Gasteiger partial charge < -0.3 is 15.1 Å². The molecule has 1 aromatic carbocycles. The van der Waals surface area contributed by atoms with Gasteiger partial charge in [-0.1, -0.05) is 18.2 Å². The first-order valence-corrected chi connectivity index (χ1v) is 9.21. The first-order valence-electron chi connectivity index (χ1n) is 9.21. The van der Waals surface area contributed by atoms with Crippen molar-refractivity contribution in [2.24, 2.45) is 7.05 Å². The summed E-state index contributed by atoms with van der Waals surface area (Å²) in [6, 6.07) is 11.9. The van der Waals surface area contributed by atoms with Crippen LogP contribution in [0.25, 0.3) is 10.9 Å². The first kappa shape index (κ1) is 17.5. The molecule has 27 heavy (non-hydrogen) atoms. The number of aromatic nitrogens is 3. The van der Waals surface area contributed by atoms with E-state index in [4.69, 9.17) is 4.98 Å². The lowest BCUT2D eigenvalue weighted by Gasteiger charge is -2.37. The molecule has 1 N–H and O–H groups in total. The topological polar surface area (TPSA) is 66.3 Å². The van der Waals surface area contributed by atoms with Gasteiger partial charge in [-0.3, -0.25) is 9.48 Å². The van der Waals surface area contributed by atoms with Crippen LogP contribution < -0.4 is 10.2 Å². The third-order valence-electron chi connectivity index (χ3n) is 5.09. The lowest BCUT2D eigenvalue weighted by atomic mass is 10.1. The molecule has 0 radical (unpaired) electrons. The number of hydrogen-bond acceptors (Lipinski definition) is 5. The number of carbonyl (C=O) groups is 1. The Morgan fingerprint density at radius 3 is 2.59 bits per heavy atom. The van der Waals surface area contributed by atoms with Gasteiger partial charge in [0.2, 0.25) is 5.91 Å². The molecule has 0 saturated carbocycles. The zero-order valence-electron chi connectivity index (χ0n) is 15.7. The van der Waals surface area contributed by atoms with Crippen molar-refractivity contribution in [1.29, 1.82) is 0 Å². The number of benzene rings is 1. The molecule has 0 spiro atoms. The fourth-order valence-electron chi connectivity index (χ4n) is 3.59. The molecule has 2 aromatic heterocycles. The van der Waals surface area contributed by atoms with Gasteiger partial charge in [-0.25, -0.2) is 4.98 Å². The number of nitrogens with one attached hydrogen (secondary N) is 1. The van der Waals surface area contributed by atoms with Gasteiger partial charge in [-0.2, -0.15) is 5.10 Å². The number of piperazine rings is 1. The van der Waals surface area contributed by atoms with E-state index in [0.29, 0.717) is 13.1 Å². The van der Waals surface area contributed by atoms with Crippen LogP contribution in [-0.2, 0) is 11.8 Å². The third kappa shape index (κ3) is 3.50. The second kappa shape index (κ2) is 7.36. The Balaban J connectivity index is 1.43. The van der Waals surface area contributed by atoms with E-state index in [2.05, 4.69) is 33.5 Å². The molecular formula is C20H24N6O. The van der Waals surface area contributed by atoms with Crippen LogP contribution in [-0.4, -0.2) is 58.8 Å². The van der Waals surface area contributed by atoms with Crippen molar-refractivity contribution in [1.82, 2.24) is 25.0 Å². The number of carbonyl (C=O) groups excluding carboxylic acids is 1. The number of para-hydroxylation sites is 1. The average molecular weight is 364 g/mol. The summed E-state index contributed by atoms with van der Waals surface area (Å²) in [5.74, 6) is 1.06. The maximum Gasteiger partial charge on any atom is 0.244 e. The van der Waals surface area contributed by atoms with Crippen molar-refractivity contribution in [3.63, 3.8) is 0 Å². The lowest BCUT2D eigenvalue weighted by Crippen LogP contribution is -2.51. The van der Waals surface area contributed by atoms with E-state index >= 15 is 0 Å².